The van der Waals surface area contributed by atoms with Crippen molar-refractivity contribution < 1.29 is 18.9 Å². The molecule has 4 rings (SSSR count). The van der Waals surface area contributed by atoms with Crippen LogP contribution in [0.5, 0.6) is 11.5 Å². The molecule has 2 aromatic rings. The summed E-state index contributed by atoms with van der Waals surface area (Å²) in [6.45, 7) is 0.372. The molecule has 2 aliphatic rings. The van der Waals surface area contributed by atoms with E-state index in [0.29, 0.717) is 18.1 Å². The fourth-order valence-corrected chi connectivity index (χ4v) is 3.70. The third kappa shape index (κ3) is 3.00. The number of para-hydroxylation sites is 3. The molecule has 0 bridgehead atoms. The van der Waals surface area contributed by atoms with Crippen molar-refractivity contribution in [3.05, 3.63) is 54.6 Å². The number of nitrogens with zero attached hydrogens (tertiary/aromatic N) is 1. The Kier molecular flexibility index (Phi) is 4.72. The largest absolute Gasteiger partial charge is 0.487 e. The molecule has 2 heterocycles. The highest BCUT2D eigenvalue weighted by molar-refractivity contribution is 5.47. The molecular formula is C20H24N2O4. The van der Waals surface area contributed by atoms with Gasteiger partial charge >= 0.3 is 0 Å². The summed E-state index contributed by atoms with van der Waals surface area (Å²) in [4.78, 5) is 2.09. The molecule has 1 fully saturated rings. The van der Waals surface area contributed by atoms with Gasteiger partial charge in [-0.3, -0.25) is 0 Å². The summed E-state index contributed by atoms with van der Waals surface area (Å²) in [5.41, 5.74) is 7.73. The molecule has 5 unspecified atom stereocenters. The molecule has 1 saturated heterocycles. The van der Waals surface area contributed by atoms with Crippen LogP contribution in [0.25, 0.3) is 0 Å². The van der Waals surface area contributed by atoms with Crippen LogP contribution < -0.4 is 20.1 Å². The number of benzene rings is 2. The molecule has 6 nitrogen and oxygen atoms in total. The lowest BCUT2D eigenvalue weighted by atomic mass is 9.93. The van der Waals surface area contributed by atoms with Gasteiger partial charge in [-0.1, -0.05) is 30.3 Å². The Labute approximate surface area is 153 Å². The Morgan fingerprint density at radius 1 is 1.04 bits per heavy atom. The molecule has 2 aromatic carbocycles. The molecule has 0 saturated carbocycles. The third-order valence-electron chi connectivity index (χ3n) is 5.09. The summed E-state index contributed by atoms with van der Waals surface area (Å²) in [5.74, 6) is 1.40. The monoisotopic (exact) mass is 356 g/mol. The molecule has 26 heavy (non-hydrogen) atoms. The Morgan fingerprint density at radius 3 is 2.46 bits per heavy atom. The Balaban J connectivity index is 1.64. The molecule has 6 heteroatoms. The van der Waals surface area contributed by atoms with E-state index in [0.717, 1.165) is 5.69 Å². The van der Waals surface area contributed by atoms with Crippen LogP contribution in [0.4, 0.5) is 5.69 Å². The number of anilines is 1. The second-order valence-corrected chi connectivity index (χ2v) is 6.63. The molecule has 0 amide bonds. The van der Waals surface area contributed by atoms with Gasteiger partial charge in [0.15, 0.2) is 17.8 Å². The lowest BCUT2D eigenvalue weighted by molar-refractivity contribution is -0.224. The Hall–Kier alpha value is -2.28. The van der Waals surface area contributed by atoms with Crippen LogP contribution in [0.2, 0.25) is 0 Å². The number of nitrogens with two attached hydrogens (primary N) is 1. The number of likely N-dealkylation sites (N-methyl/N-ethyl adjacent to an activating group) is 1. The van der Waals surface area contributed by atoms with Crippen LogP contribution >= 0.6 is 0 Å². The lowest BCUT2D eigenvalue weighted by Gasteiger charge is -2.47. The summed E-state index contributed by atoms with van der Waals surface area (Å²) in [6, 6.07) is 17.2. The summed E-state index contributed by atoms with van der Waals surface area (Å²) >= 11 is 0. The normalized spacial score (nSPS) is 30.2. The van der Waals surface area contributed by atoms with Crippen molar-refractivity contribution in [2.45, 2.75) is 30.6 Å². The van der Waals surface area contributed by atoms with Crippen molar-refractivity contribution in [3.8, 4) is 11.5 Å². The van der Waals surface area contributed by atoms with Gasteiger partial charge < -0.3 is 29.6 Å². The molecule has 0 radical (unpaired) electrons. The van der Waals surface area contributed by atoms with Crippen molar-refractivity contribution in [1.29, 1.82) is 0 Å². The van der Waals surface area contributed by atoms with E-state index in [2.05, 4.69) is 4.90 Å². The van der Waals surface area contributed by atoms with Crippen molar-refractivity contribution in [2.24, 2.45) is 5.73 Å². The van der Waals surface area contributed by atoms with Crippen molar-refractivity contribution in [1.82, 2.24) is 0 Å². The molecule has 2 N–H and O–H groups in total. The predicted molar refractivity (Wildman–Crippen MR) is 98.6 cm³/mol. The molecule has 138 valence electrons. The number of rotatable bonds is 3. The van der Waals surface area contributed by atoms with Gasteiger partial charge in [0.25, 0.3) is 0 Å². The van der Waals surface area contributed by atoms with Crippen LogP contribution in [-0.2, 0) is 9.47 Å². The second-order valence-electron chi connectivity index (χ2n) is 6.63. The third-order valence-corrected chi connectivity index (χ3v) is 5.09. The zero-order valence-corrected chi connectivity index (χ0v) is 14.9. The van der Waals surface area contributed by atoms with Crippen LogP contribution in [0.15, 0.2) is 54.6 Å². The highest BCUT2D eigenvalue weighted by atomic mass is 16.7. The van der Waals surface area contributed by atoms with E-state index in [9.17, 15) is 0 Å². The minimum atomic E-state index is -0.482. The van der Waals surface area contributed by atoms with Gasteiger partial charge in [0, 0.05) is 19.8 Å². The average molecular weight is 356 g/mol. The SMILES string of the molecule is COC1OC2COc3ccccc3OC2C(N)C1N(C)c1ccccc1. The summed E-state index contributed by atoms with van der Waals surface area (Å²) in [6.07, 6.45) is -1.12. The zero-order chi connectivity index (χ0) is 18.1. The fraction of sp³-hybridized carbons (Fsp3) is 0.400. The molecule has 5 atom stereocenters. The van der Waals surface area contributed by atoms with Gasteiger partial charge in [-0.25, -0.2) is 0 Å². The maximum Gasteiger partial charge on any atom is 0.179 e. The quantitative estimate of drug-likeness (QED) is 0.908. The number of hydrogen-bond acceptors (Lipinski definition) is 6. The first-order valence-corrected chi connectivity index (χ1v) is 8.79. The van der Waals surface area contributed by atoms with Crippen LogP contribution in [0, 0.1) is 0 Å². The first-order valence-electron chi connectivity index (χ1n) is 8.79. The number of fused-ring (bicyclic) bond motifs is 2. The van der Waals surface area contributed by atoms with E-state index < -0.39 is 6.29 Å². The van der Waals surface area contributed by atoms with Crippen LogP contribution in [-0.4, -0.2) is 51.3 Å². The van der Waals surface area contributed by atoms with E-state index in [1.54, 1.807) is 7.11 Å². The standard InChI is InChI=1S/C20H24N2O4/c1-22(13-8-4-3-5-9-13)18-17(21)19-16(26-20(18)23-2)12-24-14-10-6-7-11-15(14)25-19/h3-11,16-20H,12,21H2,1-2H3. The van der Waals surface area contributed by atoms with Gasteiger partial charge in [-0.15, -0.1) is 0 Å². The van der Waals surface area contributed by atoms with Gasteiger partial charge in [0.05, 0.1) is 12.1 Å². The zero-order valence-electron chi connectivity index (χ0n) is 14.9. The Morgan fingerprint density at radius 2 is 1.73 bits per heavy atom. The molecule has 0 aromatic heterocycles. The molecule has 0 spiro atoms. The summed E-state index contributed by atoms with van der Waals surface area (Å²) in [7, 11) is 3.63. The molecule has 2 aliphatic heterocycles. The van der Waals surface area contributed by atoms with Gasteiger partial charge in [-0.05, 0) is 24.3 Å². The highest BCUT2D eigenvalue weighted by Gasteiger charge is 2.49. The van der Waals surface area contributed by atoms with Crippen LogP contribution in [0.3, 0.4) is 0 Å². The first kappa shape index (κ1) is 17.1. The summed E-state index contributed by atoms with van der Waals surface area (Å²) < 4.78 is 23.9. The smallest absolute Gasteiger partial charge is 0.179 e. The first-order chi connectivity index (χ1) is 12.7. The predicted octanol–water partition coefficient (Wildman–Crippen LogP) is 2.03. The van der Waals surface area contributed by atoms with Gasteiger partial charge in [0.1, 0.15) is 18.8 Å². The van der Waals surface area contributed by atoms with Crippen molar-refractivity contribution in [2.75, 3.05) is 25.7 Å². The van der Waals surface area contributed by atoms with E-state index >= 15 is 0 Å². The lowest BCUT2D eigenvalue weighted by Crippen LogP contribution is -2.68. The number of hydrogen-bond donors (Lipinski definition) is 1. The van der Waals surface area contributed by atoms with Gasteiger partial charge in [0.2, 0.25) is 0 Å². The summed E-state index contributed by atoms with van der Waals surface area (Å²) in [5, 5.41) is 0. The maximum absolute atomic E-state index is 6.68. The van der Waals surface area contributed by atoms with Gasteiger partial charge in [-0.2, -0.15) is 0 Å². The number of methoxy groups -OCH3 is 1. The maximum atomic E-state index is 6.68. The minimum Gasteiger partial charge on any atom is -0.487 e. The topological polar surface area (TPSA) is 66.2 Å². The minimum absolute atomic E-state index is 0.200. The van der Waals surface area contributed by atoms with E-state index in [1.165, 1.54) is 0 Å². The number of ether oxygens (including phenoxy) is 4. The molecule has 0 aliphatic carbocycles. The Bertz CT molecular complexity index is 742. The van der Waals surface area contributed by atoms with E-state index in [-0.39, 0.29) is 24.3 Å². The average Bonchev–Trinajstić information content (AvgIpc) is 2.88. The highest BCUT2D eigenvalue weighted by Crippen LogP contribution is 2.36. The van der Waals surface area contributed by atoms with Crippen molar-refractivity contribution >= 4 is 5.69 Å². The van der Waals surface area contributed by atoms with Crippen molar-refractivity contribution in [3.63, 3.8) is 0 Å². The van der Waals surface area contributed by atoms with E-state index in [1.807, 2.05) is 61.6 Å². The second kappa shape index (κ2) is 7.15. The molecular weight excluding hydrogens is 332 g/mol. The van der Waals surface area contributed by atoms with Crippen LogP contribution in [0.1, 0.15) is 0 Å². The van der Waals surface area contributed by atoms with E-state index in [4.69, 9.17) is 24.7 Å². The fourth-order valence-electron chi connectivity index (χ4n) is 3.70.